The molecule has 2 aromatic heterocycles. The second-order valence-electron chi connectivity index (χ2n) is 10.5. The van der Waals surface area contributed by atoms with Crippen LogP contribution in [0.2, 0.25) is 0 Å². The number of aromatic nitrogens is 1. The average Bonchev–Trinajstić information content (AvgIpc) is 3.19. The van der Waals surface area contributed by atoms with Gasteiger partial charge in [-0.2, -0.15) is 5.26 Å². The monoisotopic (exact) mass is 479 g/mol. The minimum Gasteiger partial charge on any atom is -0.312 e. The average molecular weight is 480 g/mol. The molecule has 1 aliphatic carbocycles. The Labute approximate surface area is 210 Å². The lowest BCUT2D eigenvalue weighted by Gasteiger charge is -2.33. The van der Waals surface area contributed by atoms with E-state index in [9.17, 15) is 10.1 Å². The Morgan fingerprint density at radius 3 is 2.63 bits per heavy atom. The number of aryl methyl sites for hydroxylation is 1. The van der Waals surface area contributed by atoms with E-state index in [1.165, 1.54) is 4.88 Å². The molecule has 0 saturated heterocycles. The van der Waals surface area contributed by atoms with E-state index in [-0.39, 0.29) is 11.3 Å². The number of benzene rings is 2. The van der Waals surface area contributed by atoms with Crippen molar-refractivity contribution < 1.29 is 4.79 Å². The number of pyridine rings is 1. The van der Waals surface area contributed by atoms with Crippen molar-refractivity contribution in [3.05, 3.63) is 81.7 Å². The van der Waals surface area contributed by atoms with Crippen molar-refractivity contribution in [2.24, 2.45) is 11.3 Å². The van der Waals surface area contributed by atoms with Crippen molar-refractivity contribution in [2.75, 3.05) is 5.32 Å². The van der Waals surface area contributed by atoms with Gasteiger partial charge in [0.1, 0.15) is 11.1 Å². The van der Waals surface area contributed by atoms with E-state index in [0.717, 1.165) is 52.5 Å². The third-order valence-corrected chi connectivity index (χ3v) is 8.28. The Kier molecular flexibility index (Phi) is 5.94. The highest BCUT2D eigenvalue weighted by atomic mass is 32.1. The van der Waals surface area contributed by atoms with Gasteiger partial charge in [-0.05, 0) is 61.3 Å². The molecule has 5 rings (SSSR count). The van der Waals surface area contributed by atoms with E-state index in [2.05, 4.69) is 32.2 Å². The summed E-state index contributed by atoms with van der Waals surface area (Å²) in [6.45, 7) is 8.86. The third-order valence-electron chi connectivity index (χ3n) is 7.11. The summed E-state index contributed by atoms with van der Waals surface area (Å²) in [6, 6.07) is 20.1. The van der Waals surface area contributed by atoms with Gasteiger partial charge in [-0.25, -0.2) is 4.98 Å². The van der Waals surface area contributed by atoms with Crippen LogP contribution in [0.25, 0.3) is 22.2 Å². The molecule has 5 heteroatoms. The highest BCUT2D eigenvalue weighted by molar-refractivity contribution is 7.16. The fourth-order valence-corrected chi connectivity index (χ4v) is 6.26. The number of carbonyl (C=O) groups excluding carboxylic acids is 1. The van der Waals surface area contributed by atoms with Crippen LogP contribution >= 0.6 is 11.3 Å². The van der Waals surface area contributed by atoms with Crippen LogP contribution in [0, 0.1) is 29.6 Å². The zero-order valence-corrected chi connectivity index (χ0v) is 21.4. The van der Waals surface area contributed by atoms with Gasteiger partial charge in [0.2, 0.25) is 0 Å². The van der Waals surface area contributed by atoms with Crippen LogP contribution in [0.15, 0.2) is 54.6 Å². The van der Waals surface area contributed by atoms with Gasteiger partial charge in [-0.3, -0.25) is 4.79 Å². The molecule has 1 amide bonds. The maximum atomic E-state index is 13.7. The molecule has 176 valence electrons. The Balaban J connectivity index is 1.55. The Morgan fingerprint density at radius 2 is 1.91 bits per heavy atom. The molecule has 1 N–H and O–H groups in total. The first-order chi connectivity index (χ1) is 16.7. The smallest absolute Gasteiger partial charge is 0.257 e. The number of nitrogens with zero attached hydrogens (tertiary/aromatic N) is 2. The number of rotatable bonds is 3. The van der Waals surface area contributed by atoms with E-state index in [1.54, 1.807) is 11.3 Å². The molecule has 1 atom stereocenters. The predicted molar refractivity (Wildman–Crippen MR) is 144 cm³/mol. The molecule has 35 heavy (non-hydrogen) atoms. The Morgan fingerprint density at radius 1 is 1.14 bits per heavy atom. The molecule has 0 radical (unpaired) electrons. The lowest BCUT2D eigenvalue weighted by Crippen LogP contribution is -2.26. The van der Waals surface area contributed by atoms with Crippen molar-refractivity contribution in [1.29, 1.82) is 5.26 Å². The maximum Gasteiger partial charge on any atom is 0.257 e. The largest absolute Gasteiger partial charge is 0.312 e. The van der Waals surface area contributed by atoms with E-state index >= 15 is 0 Å². The lowest BCUT2D eigenvalue weighted by atomic mass is 9.72. The molecule has 0 aliphatic heterocycles. The molecule has 0 bridgehead atoms. The lowest BCUT2D eigenvalue weighted by molar-refractivity contribution is 0.102. The van der Waals surface area contributed by atoms with Gasteiger partial charge in [0.05, 0.1) is 22.3 Å². The molecule has 0 fully saturated rings. The fourth-order valence-electron chi connectivity index (χ4n) is 4.99. The fraction of sp³-hybridized carbons (Fsp3) is 0.300. The van der Waals surface area contributed by atoms with E-state index in [1.807, 2.05) is 61.5 Å². The Bertz CT molecular complexity index is 1470. The number of hydrogen-bond donors (Lipinski definition) is 1. The molecule has 2 heterocycles. The molecule has 0 spiro atoms. The maximum absolute atomic E-state index is 13.7. The van der Waals surface area contributed by atoms with Crippen LogP contribution in [0.1, 0.15) is 59.1 Å². The van der Waals surface area contributed by atoms with Gasteiger partial charge in [0.15, 0.2) is 0 Å². The number of amides is 1. The topological polar surface area (TPSA) is 65.8 Å². The highest BCUT2D eigenvalue weighted by Gasteiger charge is 2.32. The number of nitrogens with one attached hydrogen (secondary N) is 1. The van der Waals surface area contributed by atoms with Gasteiger partial charge in [0, 0.05) is 15.8 Å². The van der Waals surface area contributed by atoms with E-state index in [0.29, 0.717) is 22.0 Å². The summed E-state index contributed by atoms with van der Waals surface area (Å²) in [5.74, 6) is 0.368. The number of carbonyl (C=O) groups is 1. The third kappa shape index (κ3) is 4.47. The molecule has 0 saturated carbocycles. The number of anilines is 1. The first-order valence-corrected chi connectivity index (χ1v) is 12.9. The van der Waals surface area contributed by atoms with Crippen LogP contribution in [0.5, 0.6) is 0 Å². The van der Waals surface area contributed by atoms with Crippen LogP contribution in [0.4, 0.5) is 5.00 Å². The number of hydrogen-bond acceptors (Lipinski definition) is 4. The van der Waals surface area contributed by atoms with Crippen LogP contribution in [-0.4, -0.2) is 10.9 Å². The molecule has 4 aromatic rings. The second kappa shape index (κ2) is 8.94. The molecule has 0 unspecified atom stereocenters. The van der Waals surface area contributed by atoms with Crippen molar-refractivity contribution in [1.82, 2.24) is 4.98 Å². The molecular weight excluding hydrogens is 450 g/mol. The SMILES string of the molecule is Cc1ccc2nc(-c3ccccc3)cc(C(=O)Nc3sc4c(c3C#N)CC[C@@H](C(C)(C)C)C4)c2c1. The van der Waals surface area contributed by atoms with Crippen LogP contribution in [0.3, 0.4) is 0 Å². The molecule has 2 aromatic carbocycles. The van der Waals surface area contributed by atoms with Crippen molar-refractivity contribution in [3.63, 3.8) is 0 Å². The van der Waals surface area contributed by atoms with Gasteiger partial charge in [-0.1, -0.05) is 62.7 Å². The molecular formula is C30H29N3OS. The summed E-state index contributed by atoms with van der Waals surface area (Å²) in [6.07, 6.45) is 2.93. The van der Waals surface area contributed by atoms with Crippen molar-refractivity contribution in [2.45, 2.75) is 47.0 Å². The second-order valence-corrected chi connectivity index (χ2v) is 11.6. The predicted octanol–water partition coefficient (Wildman–Crippen LogP) is 7.55. The zero-order chi connectivity index (χ0) is 24.7. The first-order valence-electron chi connectivity index (χ1n) is 12.1. The zero-order valence-electron chi connectivity index (χ0n) is 20.6. The van der Waals surface area contributed by atoms with Gasteiger partial charge in [-0.15, -0.1) is 11.3 Å². The summed E-state index contributed by atoms with van der Waals surface area (Å²) in [5.41, 5.74) is 6.10. The summed E-state index contributed by atoms with van der Waals surface area (Å²) < 4.78 is 0. The Hall–Kier alpha value is -3.49. The normalized spacial score (nSPS) is 15.5. The minimum absolute atomic E-state index is 0.206. The first kappa shape index (κ1) is 23.3. The summed E-state index contributed by atoms with van der Waals surface area (Å²) in [5, 5.41) is 14.6. The highest BCUT2D eigenvalue weighted by Crippen LogP contribution is 2.44. The van der Waals surface area contributed by atoms with Gasteiger partial charge in [0.25, 0.3) is 5.91 Å². The van der Waals surface area contributed by atoms with Crippen molar-refractivity contribution in [3.8, 4) is 17.3 Å². The quantitative estimate of drug-likeness (QED) is 0.330. The minimum atomic E-state index is -0.206. The summed E-state index contributed by atoms with van der Waals surface area (Å²) in [4.78, 5) is 19.8. The van der Waals surface area contributed by atoms with E-state index < -0.39 is 0 Å². The van der Waals surface area contributed by atoms with Crippen LogP contribution < -0.4 is 5.32 Å². The number of fused-ring (bicyclic) bond motifs is 2. The molecule has 4 nitrogen and oxygen atoms in total. The summed E-state index contributed by atoms with van der Waals surface area (Å²) in [7, 11) is 0. The van der Waals surface area contributed by atoms with Crippen LogP contribution in [-0.2, 0) is 12.8 Å². The number of nitriles is 1. The van der Waals surface area contributed by atoms with Crippen molar-refractivity contribution >= 4 is 33.1 Å². The standard InChI is InChI=1S/C30H29N3OS/c1-18-10-13-25-22(14-18)23(16-26(32-25)19-8-6-5-7-9-19)28(34)33-29-24(17-31)21-12-11-20(30(2,3)4)15-27(21)35-29/h5-10,13-14,16,20H,11-12,15H2,1-4H3,(H,33,34)/t20-/m1/s1. The molecule has 1 aliphatic rings. The van der Waals surface area contributed by atoms with E-state index in [4.69, 9.17) is 4.98 Å². The summed E-state index contributed by atoms with van der Waals surface area (Å²) >= 11 is 1.57. The van der Waals surface area contributed by atoms with Gasteiger partial charge < -0.3 is 5.32 Å². The van der Waals surface area contributed by atoms with Gasteiger partial charge >= 0.3 is 0 Å². The number of thiophene rings is 1.